The third-order valence-corrected chi connectivity index (χ3v) is 4.92. The van der Waals surface area contributed by atoms with Crippen LogP contribution < -0.4 is 0 Å². The maximum Gasteiger partial charge on any atom is 0.0374 e. The predicted octanol–water partition coefficient (Wildman–Crippen LogP) is 5.89. The van der Waals surface area contributed by atoms with Crippen molar-refractivity contribution in [2.75, 3.05) is 0 Å². The number of benzene rings is 1. The van der Waals surface area contributed by atoms with Gasteiger partial charge in [0, 0.05) is 5.41 Å². The van der Waals surface area contributed by atoms with Crippen LogP contribution in [0.1, 0.15) is 44.6 Å². The van der Waals surface area contributed by atoms with E-state index in [0.717, 1.165) is 6.42 Å². The van der Waals surface area contributed by atoms with Crippen LogP contribution in [0.15, 0.2) is 77.9 Å². The zero-order valence-corrected chi connectivity index (χ0v) is 12.9. The molecule has 0 fully saturated rings. The molecule has 0 heterocycles. The molecule has 0 spiro atoms. The molecule has 0 unspecified atom stereocenters. The molecule has 0 bridgehead atoms. The number of hydrogen-bond acceptors (Lipinski definition) is 0. The molecule has 3 rings (SSSR count). The van der Waals surface area contributed by atoms with E-state index in [9.17, 15) is 0 Å². The zero-order valence-electron chi connectivity index (χ0n) is 12.9. The number of hydrogen-bond donors (Lipinski definition) is 0. The second-order valence-corrected chi connectivity index (χ2v) is 5.94. The smallest absolute Gasteiger partial charge is 0.0374 e. The SMILES string of the molecule is CCC(C1=CC=CCC1)(C1=CC=CCC1)c1ccccc1. The molecular weight excluding hydrogens is 252 g/mol. The molecule has 21 heavy (non-hydrogen) atoms. The fourth-order valence-corrected chi connectivity index (χ4v) is 3.87. The summed E-state index contributed by atoms with van der Waals surface area (Å²) in [5.74, 6) is 0. The summed E-state index contributed by atoms with van der Waals surface area (Å²) in [6.45, 7) is 2.34. The van der Waals surface area contributed by atoms with Gasteiger partial charge in [-0.25, -0.2) is 0 Å². The van der Waals surface area contributed by atoms with Gasteiger partial charge in [-0.15, -0.1) is 0 Å². The third-order valence-electron chi connectivity index (χ3n) is 4.92. The van der Waals surface area contributed by atoms with Crippen LogP contribution in [0.25, 0.3) is 0 Å². The number of rotatable bonds is 4. The molecule has 0 saturated heterocycles. The molecule has 2 aliphatic rings. The highest BCUT2D eigenvalue weighted by atomic mass is 14.4. The molecule has 0 radical (unpaired) electrons. The van der Waals surface area contributed by atoms with E-state index >= 15 is 0 Å². The van der Waals surface area contributed by atoms with Crippen LogP contribution in [-0.2, 0) is 5.41 Å². The van der Waals surface area contributed by atoms with Crippen LogP contribution in [0, 0.1) is 0 Å². The Kier molecular flexibility index (Phi) is 4.24. The van der Waals surface area contributed by atoms with Crippen molar-refractivity contribution in [1.29, 1.82) is 0 Å². The lowest BCUT2D eigenvalue weighted by atomic mass is 9.63. The second kappa shape index (κ2) is 6.30. The summed E-state index contributed by atoms with van der Waals surface area (Å²) in [6, 6.07) is 11.1. The minimum absolute atomic E-state index is 0.0940. The van der Waals surface area contributed by atoms with E-state index in [1.54, 1.807) is 11.1 Å². The average molecular weight is 276 g/mol. The monoisotopic (exact) mass is 276 g/mol. The molecular formula is C21H24. The van der Waals surface area contributed by atoms with E-state index in [4.69, 9.17) is 0 Å². The van der Waals surface area contributed by atoms with E-state index in [1.807, 2.05) is 0 Å². The highest BCUT2D eigenvalue weighted by molar-refractivity contribution is 5.50. The summed E-state index contributed by atoms with van der Waals surface area (Å²) in [5.41, 5.74) is 4.72. The Morgan fingerprint density at radius 1 is 0.857 bits per heavy atom. The van der Waals surface area contributed by atoms with Crippen LogP contribution in [0.5, 0.6) is 0 Å². The molecule has 0 heteroatoms. The molecule has 1 aromatic carbocycles. The molecule has 0 N–H and O–H groups in total. The van der Waals surface area contributed by atoms with E-state index in [-0.39, 0.29) is 5.41 Å². The van der Waals surface area contributed by atoms with Gasteiger partial charge in [0.2, 0.25) is 0 Å². The van der Waals surface area contributed by atoms with Crippen LogP contribution >= 0.6 is 0 Å². The third kappa shape index (κ3) is 2.55. The Bertz CT molecular complexity index is 564. The summed E-state index contributed by atoms with van der Waals surface area (Å²) >= 11 is 0. The fraction of sp³-hybridized carbons (Fsp3) is 0.333. The van der Waals surface area contributed by atoms with Gasteiger partial charge in [0.05, 0.1) is 0 Å². The summed E-state index contributed by atoms with van der Waals surface area (Å²) in [4.78, 5) is 0. The highest BCUT2D eigenvalue weighted by Crippen LogP contribution is 2.47. The van der Waals surface area contributed by atoms with Crippen molar-refractivity contribution in [1.82, 2.24) is 0 Å². The van der Waals surface area contributed by atoms with Gasteiger partial charge in [0.15, 0.2) is 0 Å². The van der Waals surface area contributed by atoms with Gasteiger partial charge in [-0.2, -0.15) is 0 Å². The fourth-order valence-electron chi connectivity index (χ4n) is 3.87. The Hall–Kier alpha value is -1.82. The van der Waals surface area contributed by atoms with Crippen LogP contribution in [0.4, 0.5) is 0 Å². The van der Waals surface area contributed by atoms with E-state index in [1.165, 1.54) is 31.2 Å². The summed E-state index contributed by atoms with van der Waals surface area (Å²) in [5, 5.41) is 0. The van der Waals surface area contributed by atoms with Crippen molar-refractivity contribution in [2.45, 2.75) is 44.4 Å². The minimum atomic E-state index is 0.0940. The first-order valence-corrected chi connectivity index (χ1v) is 8.16. The van der Waals surface area contributed by atoms with Crippen molar-refractivity contribution in [3.63, 3.8) is 0 Å². The standard InChI is InChI=1S/C21H24/c1-2-21(18-12-6-3-7-13-18,19-14-8-4-9-15-19)20-16-10-5-11-17-20/h3-8,10,12-14,16H,2,9,11,15,17H2,1H3. The first kappa shape index (κ1) is 14.1. The van der Waals surface area contributed by atoms with Gasteiger partial charge in [-0.3, -0.25) is 0 Å². The lowest BCUT2D eigenvalue weighted by Crippen LogP contribution is -2.31. The van der Waals surface area contributed by atoms with Crippen LogP contribution in [-0.4, -0.2) is 0 Å². The molecule has 0 amide bonds. The average Bonchev–Trinajstić information content (AvgIpc) is 2.59. The Balaban J connectivity index is 2.17. The topological polar surface area (TPSA) is 0 Å². The van der Waals surface area contributed by atoms with Gasteiger partial charge < -0.3 is 0 Å². The molecule has 0 saturated carbocycles. The van der Waals surface area contributed by atoms with Crippen LogP contribution in [0.3, 0.4) is 0 Å². The van der Waals surface area contributed by atoms with E-state index in [0.29, 0.717) is 0 Å². The van der Waals surface area contributed by atoms with Crippen molar-refractivity contribution in [2.24, 2.45) is 0 Å². The van der Waals surface area contributed by atoms with E-state index < -0.39 is 0 Å². The molecule has 0 aromatic heterocycles. The van der Waals surface area contributed by atoms with Gasteiger partial charge in [0.25, 0.3) is 0 Å². The second-order valence-electron chi connectivity index (χ2n) is 5.94. The van der Waals surface area contributed by atoms with Crippen molar-refractivity contribution >= 4 is 0 Å². The quantitative estimate of drug-likeness (QED) is 0.643. The van der Waals surface area contributed by atoms with Crippen molar-refractivity contribution in [3.05, 3.63) is 83.5 Å². The molecule has 0 nitrogen and oxygen atoms in total. The first-order valence-electron chi connectivity index (χ1n) is 8.16. The molecule has 0 aliphatic heterocycles. The zero-order chi connectivity index (χ0) is 14.5. The van der Waals surface area contributed by atoms with Gasteiger partial charge >= 0.3 is 0 Å². The molecule has 1 aromatic rings. The summed E-state index contributed by atoms with van der Waals surface area (Å²) < 4.78 is 0. The Morgan fingerprint density at radius 3 is 1.86 bits per heavy atom. The Morgan fingerprint density at radius 2 is 1.43 bits per heavy atom. The van der Waals surface area contributed by atoms with Gasteiger partial charge in [0.1, 0.15) is 0 Å². The largest absolute Gasteiger partial charge is 0.0842 e. The molecule has 2 aliphatic carbocycles. The number of allylic oxidation sites excluding steroid dienone is 8. The maximum absolute atomic E-state index is 2.36. The normalized spacial score (nSPS) is 18.3. The maximum atomic E-state index is 2.36. The molecule has 0 atom stereocenters. The predicted molar refractivity (Wildman–Crippen MR) is 91.3 cm³/mol. The minimum Gasteiger partial charge on any atom is -0.0842 e. The van der Waals surface area contributed by atoms with Crippen molar-refractivity contribution < 1.29 is 0 Å². The Labute approximate surface area is 128 Å². The van der Waals surface area contributed by atoms with Crippen LogP contribution in [0.2, 0.25) is 0 Å². The lowest BCUT2D eigenvalue weighted by molar-refractivity contribution is 0.521. The first-order chi connectivity index (χ1) is 10.4. The molecule has 108 valence electrons. The van der Waals surface area contributed by atoms with E-state index in [2.05, 4.69) is 73.7 Å². The lowest BCUT2D eigenvalue weighted by Gasteiger charge is -2.40. The van der Waals surface area contributed by atoms with Gasteiger partial charge in [-0.1, -0.05) is 84.9 Å². The summed E-state index contributed by atoms with van der Waals surface area (Å²) in [7, 11) is 0. The van der Waals surface area contributed by atoms with Crippen molar-refractivity contribution in [3.8, 4) is 0 Å². The van der Waals surface area contributed by atoms with Gasteiger partial charge in [-0.05, 0) is 37.7 Å². The highest BCUT2D eigenvalue weighted by Gasteiger charge is 2.37. The summed E-state index contributed by atoms with van der Waals surface area (Å²) in [6.07, 6.45) is 19.6.